The zero-order valence-corrected chi connectivity index (χ0v) is 13.9. The number of nitrogens with one attached hydrogen (secondary N) is 1. The monoisotopic (exact) mass is 351 g/mol. The summed E-state index contributed by atoms with van der Waals surface area (Å²) in [5.41, 5.74) is -0.323. The van der Waals surface area contributed by atoms with E-state index < -0.39 is 6.10 Å². The lowest BCUT2D eigenvalue weighted by atomic mass is 9.64. The molecule has 1 aromatic rings. The standard InChI is InChI=1S/C14H16Cl3NO3/c1-14(2)11(5-12(14)19)18-13(20)6-21-10-4-8(16)7(15)3-9(10)17/h3-4,11-12,19H,5-6H2,1-2H3,(H,18,20). The fourth-order valence-corrected chi connectivity index (χ4v) is 2.73. The van der Waals surface area contributed by atoms with Crippen LogP contribution in [0.4, 0.5) is 0 Å². The summed E-state index contributed by atoms with van der Waals surface area (Å²) in [5, 5.41) is 13.4. The van der Waals surface area contributed by atoms with E-state index in [2.05, 4.69) is 5.32 Å². The summed E-state index contributed by atoms with van der Waals surface area (Å²) in [4.78, 5) is 11.9. The van der Waals surface area contributed by atoms with Crippen LogP contribution in [0.2, 0.25) is 15.1 Å². The van der Waals surface area contributed by atoms with Gasteiger partial charge < -0.3 is 15.2 Å². The van der Waals surface area contributed by atoms with E-state index >= 15 is 0 Å². The normalized spacial score (nSPS) is 23.3. The highest BCUT2D eigenvalue weighted by molar-refractivity contribution is 6.43. The molecule has 1 amide bonds. The molecule has 2 rings (SSSR count). The van der Waals surface area contributed by atoms with Crippen LogP contribution in [0.25, 0.3) is 0 Å². The summed E-state index contributed by atoms with van der Waals surface area (Å²) >= 11 is 17.6. The second-order valence-corrected chi connectivity index (χ2v) is 6.90. The summed E-state index contributed by atoms with van der Waals surface area (Å²) in [5.74, 6) is 0.0243. The maximum atomic E-state index is 11.9. The first-order valence-electron chi connectivity index (χ1n) is 6.46. The zero-order valence-electron chi connectivity index (χ0n) is 11.6. The molecule has 0 radical (unpaired) electrons. The second-order valence-electron chi connectivity index (χ2n) is 5.68. The third kappa shape index (κ3) is 3.57. The van der Waals surface area contributed by atoms with Crippen LogP contribution >= 0.6 is 34.8 Å². The van der Waals surface area contributed by atoms with Gasteiger partial charge >= 0.3 is 0 Å². The number of carbonyl (C=O) groups excluding carboxylic acids is 1. The molecule has 2 N–H and O–H groups in total. The summed E-state index contributed by atoms with van der Waals surface area (Å²) in [7, 11) is 0. The van der Waals surface area contributed by atoms with Crippen molar-refractivity contribution in [1.82, 2.24) is 5.32 Å². The highest BCUT2D eigenvalue weighted by Crippen LogP contribution is 2.40. The highest BCUT2D eigenvalue weighted by Gasteiger charge is 2.47. The summed E-state index contributed by atoms with van der Waals surface area (Å²) < 4.78 is 5.35. The number of halogens is 3. The quantitative estimate of drug-likeness (QED) is 0.817. The molecule has 0 bridgehead atoms. The van der Waals surface area contributed by atoms with Crippen LogP contribution < -0.4 is 10.1 Å². The molecule has 1 fully saturated rings. The van der Waals surface area contributed by atoms with Crippen LogP contribution in [0.3, 0.4) is 0 Å². The third-order valence-corrected chi connectivity index (χ3v) is 4.90. The molecule has 0 saturated heterocycles. The molecule has 2 atom stereocenters. The molecule has 1 aliphatic carbocycles. The molecule has 0 heterocycles. The predicted molar refractivity (Wildman–Crippen MR) is 83.3 cm³/mol. The van der Waals surface area contributed by atoms with Crippen molar-refractivity contribution in [2.75, 3.05) is 6.61 Å². The minimum absolute atomic E-state index is 0.0622. The van der Waals surface area contributed by atoms with E-state index in [9.17, 15) is 9.90 Å². The largest absolute Gasteiger partial charge is 0.482 e. The molecule has 7 heteroatoms. The summed E-state index contributed by atoms with van der Waals surface area (Å²) in [6.07, 6.45) is 0.153. The van der Waals surface area contributed by atoms with Gasteiger partial charge in [0.1, 0.15) is 5.75 Å². The van der Waals surface area contributed by atoms with E-state index in [0.29, 0.717) is 22.2 Å². The Morgan fingerprint density at radius 3 is 2.52 bits per heavy atom. The summed E-state index contributed by atoms with van der Waals surface area (Å²) in [6.45, 7) is 3.63. The van der Waals surface area contributed by atoms with Crippen LogP contribution in [0.5, 0.6) is 5.75 Å². The third-order valence-electron chi connectivity index (χ3n) is 3.88. The van der Waals surface area contributed by atoms with Gasteiger partial charge in [0.2, 0.25) is 0 Å². The predicted octanol–water partition coefficient (Wildman–Crippen LogP) is 3.30. The number of carbonyl (C=O) groups is 1. The van der Waals surface area contributed by atoms with Crippen LogP contribution in [0.1, 0.15) is 20.3 Å². The van der Waals surface area contributed by atoms with Crippen LogP contribution in [0.15, 0.2) is 12.1 Å². The second kappa shape index (κ2) is 6.21. The molecule has 1 aliphatic rings. The molecule has 1 saturated carbocycles. The zero-order chi connectivity index (χ0) is 15.8. The van der Waals surface area contributed by atoms with E-state index in [-0.39, 0.29) is 29.0 Å². The average Bonchev–Trinajstić information content (AvgIpc) is 2.41. The first-order chi connectivity index (χ1) is 9.71. The maximum absolute atomic E-state index is 11.9. The molecule has 0 aromatic heterocycles. The molecule has 2 unspecified atom stereocenters. The lowest BCUT2D eigenvalue weighted by Gasteiger charge is -2.49. The van der Waals surface area contributed by atoms with E-state index in [0.717, 1.165) is 0 Å². The SMILES string of the molecule is CC1(C)C(O)CC1NC(=O)COc1cc(Cl)c(Cl)cc1Cl. The Balaban J connectivity index is 1.89. The Kier molecular flexibility index (Phi) is 4.93. The van der Waals surface area contributed by atoms with E-state index in [1.807, 2.05) is 13.8 Å². The molecule has 0 aliphatic heterocycles. The first-order valence-corrected chi connectivity index (χ1v) is 7.60. The molecular weight excluding hydrogens is 337 g/mol. The van der Waals surface area contributed by atoms with Gasteiger partial charge in [-0.15, -0.1) is 0 Å². The van der Waals surface area contributed by atoms with Crippen LogP contribution in [-0.4, -0.2) is 29.8 Å². The number of amides is 1. The van der Waals surface area contributed by atoms with Crippen LogP contribution in [0, 0.1) is 5.41 Å². The van der Waals surface area contributed by atoms with Crippen molar-refractivity contribution in [3.8, 4) is 5.75 Å². The smallest absolute Gasteiger partial charge is 0.258 e. The molecule has 0 spiro atoms. The topological polar surface area (TPSA) is 58.6 Å². The average molecular weight is 353 g/mol. The van der Waals surface area contributed by atoms with Gasteiger partial charge in [-0.25, -0.2) is 0 Å². The van der Waals surface area contributed by atoms with Gasteiger partial charge in [-0.3, -0.25) is 4.79 Å². The van der Waals surface area contributed by atoms with Crippen molar-refractivity contribution in [3.63, 3.8) is 0 Å². The first kappa shape index (κ1) is 16.7. The van der Waals surface area contributed by atoms with Crippen molar-refractivity contribution >= 4 is 40.7 Å². The molecule has 21 heavy (non-hydrogen) atoms. The van der Waals surface area contributed by atoms with Gasteiger partial charge in [0, 0.05) is 17.5 Å². The Morgan fingerprint density at radius 1 is 1.33 bits per heavy atom. The van der Waals surface area contributed by atoms with Crippen LogP contribution in [-0.2, 0) is 4.79 Å². The Labute approximate surface area is 138 Å². The Hall–Kier alpha value is -0.680. The van der Waals surface area contributed by atoms with Crippen molar-refractivity contribution in [2.24, 2.45) is 5.41 Å². The summed E-state index contributed by atoms with van der Waals surface area (Å²) in [6, 6.07) is 2.87. The Morgan fingerprint density at radius 2 is 1.95 bits per heavy atom. The fourth-order valence-electron chi connectivity index (χ4n) is 2.14. The minimum Gasteiger partial charge on any atom is -0.482 e. The van der Waals surface area contributed by atoms with E-state index in [4.69, 9.17) is 39.5 Å². The van der Waals surface area contributed by atoms with E-state index in [1.165, 1.54) is 12.1 Å². The maximum Gasteiger partial charge on any atom is 0.258 e. The Bertz CT molecular complexity index is 563. The van der Waals surface area contributed by atoms with Gasteiger partial charge in [0.25, 0.3) is 5.91 Å². The van der Waals surface area contributed by atoms with Gasteiger partial charge in [-0.2, -0.15) is 0 Å². The van der Waals surface area contributed by atoms with Gasteiger partial charge in [0.05, 0.1) is 21.2 Å². The number of benzene rings is 1. The van der Waals surface area contributed by atoms with Crippen molar-refractivity contribution in [3.05, 3.63) is 27.2 Å². The fraction of sp³-hybridized carbons (Fsp3) is 0.500. The highest BCUT2D eigenvalue weighted by atomic mass is 35.5. The number of ether oxygens (including phenoxy) is 1. The van der Waals surface area contributed by atoms with Crippen molar-refractivity contribution in [2.45, 2.75) is 32.4 Å². The lowest BCUT2D eigenvalue weighted by Crippen LogP contribution is -2.61. The number of hydrogen-bond donors (Lipinski definition) is 2. The van der Waals surface area contributed by atoms with Gasteiger partial charge in [0.15, 0.2) is 6.61 Å². The molecule has 4 nitrogen and oxygen atoms in total. The minimum atomic E-state index is -0.395. The van der Waals surface area contributed by atoms with Gasteiger partial charge in [-0.1, -0.05) is 48.7 Å². The molecule has 1 aromatic carbocycles. The van der Waals surface area contributed by atoms with E-state index in [1.54, 1.807) is 0 Å². The molecular formula is C14H16Cl3NO3. The number of aliphatic hydroxyl groups is 1. The van der Waals surface area contributed by atoms with Crippen molar-refractivity contribution in [1.29, 1.82) is 0 Å². The number of aliphatic hydroxyl groups excluding tert-OH is 1. The number of rotatable bonds is 4. The number of hydrogen-bond acceptors (Lipinski definition) is 3. The van der Waals surface area contributed by atoms with Crippen molar-refractivity contribution < 1.29 is 14.6 Å². The van der Waals surface area contributed by atoms with Gasteiger partial charge in [-0.05, 0) is 12.5 Å². The molecule has 116 valence electrons. The lowest BCUT2D eigenvalue weighted by molar-refractivity contribution is -0.131.